The highest BCUT2D eigenvalue weighted by Crippen LogP contribution is 2.25. The third-order valence-corrected chi connectivity index (χ3v) is 3.04. The fourth-order valence-electron chi connectivity index (χ4n) is 1.81. The average Bonchev–Trinajstić information content (AvgIpc) is 2.32. The van der Waals surface area contributed by atoms with Crippen LogP contribution in [-0.4, -0.2) is 36.1 Å². The first-order chi connectivity index (χ1) is 8.16. The van der Waals surface area contributed by atoms with Crippen molar-refractivity contribution in [1.29, 1.82) is 0 Å². The molecule has 0 spiro atoms. The van der Waals surface area contributed by atoms with Crippen molar-refractivity contribution in [3.05, 3.63) is 38.9 Å². The molecule has 17 heavy (non-hydrogen) atoms. The smallest absolute Gasteiger partial charge is 0.288 e. The molecule has 0 N–H and O–H groups in total. The summed E-state index contributed by atoms with van der Waals surface area (Å²) in [5.74, 6) is 0. The van der Waals surface area contributed by atoms with Crippen molar-refractivity contribution in [3.8, 4) is 0 Å². The molecule has 1 aliphatic heterocycles. The molecule has 0 saturated carbocycles. The summed E-state index contributed by atoms with van der Waals surface area (Å²) in [6, 6.07) is 4.94. The van der Waals surface area contributed by atoms with Gasteiger partial charge < -0.3 is 4.74 Å². The number of morpholine rings is 1. The molecule has 5 nitrogen and oxygen atoms in total. The van der Waals surface area contributed by atoms with Crippen molar-refractivity contribution in [2.45, 2.75) is 6.54 Å². The number of nitro benzene ring substituents is 1. The zero-order valence-corrected chi connectivity index (χ0v) is 10.0. The lowest BCUT2D eigenvalue weighted by molar-refractivity contribution is -0.384. The molecule has 0 atom stereocenters. The number of halogens is 1. The van der Waals surface area contributed by atoms with Gasteiger partial charge in [-0.05, 0) is 11.6 Å². The average molecular weight is 257 g/mol. The highest BCUT2D eigenvalue weighted by Gasteiger charge is 2.15. The topological polar surface area (TPSA) is 55.6 Å². The van der Waals surface area contributed by atoms with Gasteiger partial charge in [-0.1, -0.05) is 17.7 Å². The molecular weight excluding hydrogens is 244 g/mol. The number of hydrogen-bond acceptors (Lipinski definition) is 4. The normalized spacial score (nSPS) is 17.0. The summed E-state index contributed by atoms with van der Waals surface area (Å²) >= 11 is 5.76. The van der Waals surface area contributed by atoms with Crippen LogP contribution >= 0.6 is 11.6 Å². The maximum absolute atomic E-state index is 10.8. The Labute approximate surface area is 104 Å². The van der Waals surface area contributed by atoms with Crippen molar-refractivity contribution in [2.24, 2.45) is 0 Å². The number of nitro groups is 1. The first kappa shape index (κ1) is 12.3. The third-order valence-electron chi connectivity index (χ3n) is 2.72. The lowest BCUT2D eigenvalue weighted by atomic mass is 10.2. The maximum atomic E-state index is 10.8. The van der Waals surface area contributed by atoms with Crippen molar-refractivity contribution in [3.63, 3.8) is 0 Å². The molecule has 0 bridgehead atoms. The Balaban J connectivity index is 2.10. The molecule has 1 aromatic rings. The first-order valence-electron chi connectivity index (χ1n) is 5.40. The Hall–Kier alpha value is -1.17. The van der Waals surface area contributed by atoms with E-state index in [0.29, 0.717) is 6.54 Å². The minimum atomic E-state index is -0.453. The van der Waals surface area contributed by atoms with E-state index in [1.54, 1.807) is 6.07 Å². The van der Waals surface area contributed by atoms with Gasteiger partial charge in [-0.25, -0.2) is 0 Å². The van der Waals surface area contributed by atoms with Crippen LogP contribution in [0, 0.1) is 10.1 Å². The Morgan fingerprint density at radius 2 is 2.12 bits per heavy atom. The highest BCUT2D eigenvalue weighted by atomic mass is 35.5. The molecule has 0 amide bonds. The Bertz CT molecular complexity index is 419. The van der Waals surface area contributed by atoms with E-state index in [0.717, 1.165) is 31.9 Å². The molecule has 1 aliphatic rings. The zero-order valence-electron chi connectivity index (χ0n) is 9.26. The quantitative estimate of drug-likeness (QED) is 0.614. The van der Waals surface area contributed by atoms with E-state index < -0.39 is 4.92 Å². The van der Waals surface area contributed by atoms with Gasteiger partial charge in [0.15, 0.2) is 0 Å². The van der Waals surface area contributed by atoms with Gasteiger partial charge in [0.1, 0.15) is 5.02 Å². The van der Waals surface area contributed by atoms with Crippen LogP contribution in [0.4, 0.5) is 5.69 Å². The summed E-state index contributed by atoms with van der Waals surface area (Å²) in [6.45, 7) is 3.85. The zero-order chi connectivity index (χ0) is 12.3. The Kier molecular flexibility index (Phi) is 3.93. The fraction of sp³-hybridized carbons (Fsp3) is 0.455. The molecular formula is C11H13ClN2O3. The number of ether oxygens (including phenoxy) is 1. The van der Waals surface area contributed by atoms with Crippen LogP contribution in [0.15, 0.2) is 18.2 Å². The Morgan fingerprint density at radius 1 is 1.41 bits per heavy atom. The van der Waals surface area contributed by atoms with Crippen molar-refractivity contribution < 1.29 is 9.66 Å². The van der Waals surface area contributed by atoms with E-state index in [4.69, 9.17) is 16.3 Å². The minimum absolute atomic E-state index is 0.0302. The van der Waals surface area contributed by atoms with Crippen molar-refractivity contribution in [1.82, 2.24) is 4.90 Å². The minimum Gasteiger partial charge on any atom is -0.379 e. The molecule has 1 heterocycles. The van der Waals surface area contributed by atoms with Gasteiger partial charge in [-0.2, -0.15) is 0 Å². The van der Waals surface area contributed by atoms with Crippen LogP contribution in [0.3, 0.4) is 0 Å². The van der Waals surface area contributed by atoms with Crippen molar-refractivity contribution in [2.75, 3.05) is 26.3 Å². The number of benzene rings is 1. The third kappa shape index (κ3) is 3.15. The molecule has 92 valence electrons. The largest absolute Gasteiger partial charge is 0.379 e. The monoisotopic (exact) mass is 256 g/mol. The Morgan fingerprint density at radius 3 is 2.76 bits per heavy atom. The molecule has 0 unspecified atom stereocenters. The summed E-state index contributed by atoms with van der Waals surface area (Å²) in [6.07, 6.45) is 0. The number of nitrogens with zero attached hydrogens (tertiary/aromatic N) is 2. The second-order valence-electron chi connectivity index (χ2n) is 3.93. The van der Waals surface area contributed by atoms with Crippen LogP contribution in [0.2, 0.25) is 5.02 Å². The number of rotatable bonds is 3. The summed E-state index contributed by atoms with van der Waals surface area (Å²) < 4.78 is 5.25. The van der Waals surface area contributed by atoms with E-state index in [1.165, 1.54) is 6.07 Å². The van der Waals surface area contributed by atoms with Crippen LogP contribution in [0.1, 0.15) is 5.56 Å². The van der Waals surface area contributed by atoms with Crippen LogP contribution in [-0.2, 0) is 11.3 Å². The van der Waals surface area contributed by atoms with Gasteiger partial charge in [-0.3, -0.25) is 15.0 Å². The van der Waals surface area contributed by atoms with E-state index in [-0.39, 0.29) is 10.7 Å². The standard InChI is InChI=1S/C11H13ClN2O3/c12-10-2-1-9(7-11(10)14(15)16)8-13-3-5-17-6-4-13/h1-2,7H,3-6,8H2. The fourth-order valence-corrected chi connectivity index (χ4v) is 2.00. The van der Waals surface area contributed by atoms with E-state index in [1.807, 2.05) is 6.07 Å². The summed E-state index contributed by atoms with van der Waals surface area (Å²) in [5.41, 5.74) is 0.875. The second-order valence-corrected chi connectivity index (χ2v) is 4.34. The second kappa shape index (κ2) is 5.44. The van der Waals surface area contributed by atoms with E-state index >= 15 is 0 Å². The van der Waals surface area contributed by atoms with E-state index in [9.17, 15) is 10.1 Å². The summed E-state index contributed by atoms with van der Waals surface area (Å²) in [4.78, 5) is 12.5. The number of hydrogen-bond donors (Lipinski definition) is 0. The van der Waals surface area contributed by atoms with Crippen LogP contribution in [0.25, 0.3) is 0 Å². The van der Waals surface area contributed by atoms with Gasteiger partial charge >= 0.3 is 0 Å². The van der Waals surface area contributed by atoms with Crippen LogP contribution in [0.5, 0.6) is 0 Å². The summed E-state index contributed by atoms with van der Waals surface area (Å²) in [7, 11) is 0. The predicted octanol–water partition coefficient (Wildman–Crippen LogP) is 2.08. The molecule has 0 radical (unpaired) electrons. The maximum Gasteiger partial charge on any atom is 0.288 e. The lowest BCUT2D eigenvalue weighted by Gasteiger charge is -2.26. The predicted molar refractivity (Wildman–Crippen MR) is 64.2 cm³/mol. The highest BCUT2D eigenvalue weighted by molar-refractivity contribution is 6.32. The molecule has 0 aromatic heterocycles. The first-order valence-corrected chi connectivity index (χ1v) is 5.77. The molecule has 2 rings (SSSR count). The van der Waals surface area contributed by atoms with Gasteiger partial charge in [-0.15, -0.1) is 0 Å². The lowest BCUT2D eigenvalue weighted by Crippen LogP contribution is -2.35. The molecule has 1 aromatic carbocycles. The SMILES string of the molecule is O=[N+]([O-])c1cc(CN2CCOCC2)ccc1Cl. The van der Waals surface area contributed by atoms with Gasteiger partial charge in [0.05, 0.1) is 18.1 Å². The van der Waals surface area contributed by atoms with Crippen LogP contribution < -0.4 is 0 Å². The molecule has 0 aliphatic carbocycles. The van der Waals surface area contributed by atoms with Crippen molar-refractivity contribution >= 4 is 17.3 Å². The molecule has 6 heteroatoms. The van der Waals surface area contributed by atoms with Gasteiger partial charge in [0, 0.05) is 25.7 Å². The molecule has 1 saturated heterocycles. The summed E-state index contributed by atoms with van der Waals surface area (Å²) in [5, 5.41) is 10.9. The van der Waals surface area contributed by atoms with E-state index in [2.05, 4.69) is 4.90 Å². The molecule has 1 fully saturated rings. The van der Waals surface area contributed by atoms with Gasteiger partial charge in [0.2, 0.25) is 0 Å². The van der Waals surface area contributed by atoms with Gasteiger partial charge in [0.25, 0.3) is 5.69 Å².